The Bertz CT molecular complexity index is 592. The Kier molecular flexibility index (Phi) is 19.8. The summed E-state index contributed by atoms with van der Waals surface area (Å²) < 4.78 is 6.02. The van der Waals surface area contributed by atoms with Crippen molar-refractivity contribution >= 4 is 11.8 Å². The van der Waals surface area contributed by atoms with E-state index in [1.807, 2.05) is 0 Å². The maximum absolute atomic E-state index is 12.2. The average molecular weight is 527 g/mol. The molecule has 0 spiro atoms. The van der Waals surface area contributed by atoms with Gasteiger partial charge in [-0.2, -0.15) is 0 Å². The van der Waals surface area contributed by atoms with Gasteiger partial charge < -0.3 is 37.5 Å². The van der Waals surface area contributed by atoms with Gasteiger partial charge in [0, 0.05) is 13.1 Å². The molecule has 0 bridgehead atoms. The smallest absolute Gasteiger partial charge is 0.246 e. The third-order valence-electron chi connectivity index (χ3n) is 7.34. The van der Waals surface area contributed by atoms with Gasteiger partial charge in [0.25, 0.3) is 0 Å². The van der Waals surface area contributed by atoms with Crippen molar-refractivity contribution < 1.29 is 14.3 Å². The highest BCUT2D eigenvalue weighted by Crippen LogP contribution is 2.35. The molecule has 0 aromatic rings. The van der Waals surface area contributed by atoms with Crippen LogP contribution in [0.1, 0.15) is 85.0 Å². The molecule has 0 heterocycles. The molecule has 9 nitrogen and oxygen atoms in total. The van der Waals surface area contributed by atoms with Gasteiger partial charge in [-0.15, -0.1) is 0 Å². The molecule has 37 heavy (non-hydrogen) atoms. The van der Waals surface area contributed by atoms with E-state index in [1.54, 1.807) is 0 Å². The molecule has 1 aliphatic rings. The molecule has 0 aliphatic heterocycles. The minimum atomic E-state index is -0.500. The number of rotatable bonds is 22. The normalized spacial score (nSPS) is 20.6. The Morgan fingerprint density at radius 1 is 0.865 bits per heavy atom. The van der Waals surface area contributed by atoms with Crippen LogP contribution in [-0.4, -0.2) is 76.4 Å². The van der Waals surface area contributed by atoms with Gasteiger partial charge in [0.05, 0.1) is 12.1 Å². The van der Waals surface area contributed by atoms with Crippen LogP contribution in [0, 0.1) is 17.8 Å². The van der Waals surface area contributed by atoms with Gasteiger partial charge >= 0.3 is 0 Å². The van der Waals surface area contributed by atoms with Crippen molar-refractivity contribution in [1.82, 2.24) is 21.3 Å². The minimum Gasteiger partial charge on any atom is -0.368 e. The zero-order valence-corrected chi connectivity index (χ0v) is 24.0. The van der Waals surface area contributed by atoms with Crippen molar-refractivity contribution in [3.63, 3.8) is 0 Å². The van der Waals surface area contributed by atoms with E-state index in [4.69, 9.17) is 16.2 Å². The van der Waals surface area contributed by atoms with Gasteiger partial charge in [0.15, 0.2) is 0 Å². The summed E-state index contributed by atoms with van der Waals surface area (Å²) in [7, 11) is 0. The van der Waals surface area contributed by atoms with Crippen LogP contribution in [0.2, 0.25) is 0 Å². The molecular formula is C28H58N6O3. The number of hydrogen-bond acceptors (Lipinski definition) is 7. The molecule has 4 atom stereocenters. The summed E-state index contributed by atoms with van der Waals surface area (Å²) in [6.45, 7) is 12.8. The largest absolute Gasteiger partial charge is 0.368 e. The molecule has 1 saturated carbocycles. The zero-order chi connectivity index (χ0) is 27.3. The van der Waals surface area contributed by atoms with E-state index < -0.39 is 6.04 Å². The highest BCUT2D eigenvalue weighted by atomic mass is 16.5. The minimum absolute atomic E-state index is 0.0597. The molecule has 0 saturated heterocycles. The lowest BCUT2D eigenvalue weighted by atomic mass is 9.75. The number of nitrogens with one attached hydrogen (secondary N) is 4. The highest BCUT2D eigenvalue weighted by molar-refractivity contribution is 5.81. The second kappa shape index (κ2) is 21.6. The molecule has 8 N–H and O–H groups in total. The SMILES string of the molecule is CC(C)[C@H]1CC[C@H](C)CC1OCC(=O)NCCCC[C@H](N)C(=O)NCCCNCCCCNCCCN. The molecule has 2 amide bonds. The Morgan fingerprint density at radius 3 is 2.16 bits per heavy atom. The second-order valence-corrected chi connectivity index (χ2v) is 11.1. The summed E-state index contributed by atoms with van der Waals surface area (Å²) in [6.07, 6.45) is 10.1. The number of carbonyl (C=O) groups is 2. The van der Waals surface area contributed by atoms with Crippen molar-refractivity contribution in [2.24, 2.45) is 29.2 Å². The quantitative estimate of drug-likeness (QED) is 0.118. The Labute approximate surface area is 226 Å². The van der Waals surface area contributed by atoms with Crippen LogP contribution < -0.4 is 32.7 Å². The van der Waals surface area contributed by atoms with Gasteiger partial charge in [-0.1, -0.05) is 27.2 Å². The Hall–Kier alpha value is -1.26. The van der Waals surface area contributed by atoms with Crippen LogP contribution in [0.15, 0.2) is 0 Å². The highest BCUT2D eigenvalue weighted by Gasteiger charge is 2.31. The summed E-state index contributed by atoms with van der Waals surface area (Å²) >= 11 is 0. The monoisotopic (exact) mass is 526 g/mol. The number of hydrogen-bond donors (Lipinski definition) is 6. The van der Waals surface area contributed by atoms with Crippen molar-refractivity contribution in [2.75, 3.05) is 52.4 Å². The lowest BCUT2D eigenvalue weighted by Gasteiger charge is -2.37. The first-order chi connectivity index (χ1) is 17.8. The van der Waals surface area contributed by atoms with Crippen LogP contribution in [0.4, 0.5) is 0 Å². The van der Waals surface area contributed by atoms with E-state index in [1.165, 1.54) is 12.8 Å². The lowest BCUT2D eigenvalue weighted by molar-refractivity contribution is -0.131. The molecule has 0 aromatic carbocycles. The Balaban J connectivity index is 1.97. The summed E-state index contributed by atoms with van der Waals surface area (Å²) in [4.78, 5) is 24.4. The Morgan fingerprint density at radius 2 is 1.49 bits per heavy atom. The van der Waals surface area contributed by atoms with E-state index >= 15 is 0 Å². The molecule has 1 rings (SSSR count). The number of nitrogens with two attached hydrogens (primary N) is 2. The first-order valence-electron chi connectivity index (χ1n) is 14.9. The van der Waals surface area contributed by atoms with Crippen LogP contribution in [0.3, 0.4) is 0 Å². The maximum Gasteiger partial charge on any atom is 0.246 e. The fourth-order valence-corrected chi connectivity index (χ4v) is 4.92. The van der Waals surface area contributed by atoms with Crippen LogP contribution in [0.5, 0.6) is 0 Å². The average Bonchev–Trinajstić information content (AvgIpc) is 2.87. The molecule has 1 unspecified atom stereocenters. The topological polar surface area (TPSA) is 144 Å². The molecule has 1 fully saturated rings. The summed E-state index contributed by atoms with van der Waals surface area (Å²) in [6, 6.07) is -0.500. The summed E-state index contributed by atoms with van der Waals surface area (Å²) in [5.41, 5.74) is 11.5. The standard InChI is InChI=1S/C28H58N6O3/c1-22(2)24-12-11-23(3)20-26(24)37-21-27(35)33-18-5-4-10-25(30)28(36)34-19-9-17-32-15-7-6-14-31-16-8-13-29/h22-26,31-32H,4-21,29-30H2,1-3H3,(H,33,35)(H,34,36)/t23-,24+,25-,26?/m0/s1. The third kappa shape index (κ3) is 17.0. The van der Waals surface area contributed by atoms with Gasteiger partial charge in [-0.05, 0) is 108 Å². The van der Waals surface area contributed by atoms with Gasteiger partial charge in [0.2, 0.25) is 11.8 Å². The van der Waals surface area contributed by atoms with Crippen LogP contribution >= 0.6 is 0 Å². The number of unbranched alkanes of at least 4 members (excludes halogenated alkanes) is 2. The van der Waals surface area contributed by atoms with E-state index in [2.05, 4.69) is 42.0 Å². The fraction of sp³-hybridized carbons (Fsp3) is 0.929. The van der Waals surface area contributed by atoms with Gasteiger partial charge in [-0.3, -0.25) is 9.59 Å². The van der Waals surface area contributed by atoms with E-state index in [0.29, 0.717) is 37.3 Å². The van der Waals surface area contributed by atoms with Crippen molar-refractivity contribution in [3.8, 4) is 0 Å². The van der Waals surface area contributed by atoms with Crippen LogP contribution in [0.25, 0.3) is 0 Å². The predicted octanol–water partition coefficient (Wildman–Crippen LogP) is 1.89. The first-order valence-corrected chi connectivity index (χ1v) is 14.9. The fourth-order valence-electron chi connectivity index (χ4n) is 4.92. The molecule has 0 radical (unpaired) electrons. The number of ether oxygens (including phenoxy) is 1. The van der Waals surface area contributed by atoms with E-state index in [0.717, 1.165) is 77.7 Å². The number of carbonyl (C=O) groups excluding carboxylic acids is 2. The van der Waals surface area contributed by atoms with Crippen molar-refractivity contribution in [3.05, 3.63) is 0 Å². The summed E-state index contributed by atoms with van der Waals surface area (Å²) in [5, 5.41) is 12.7. The molecule has 9 heteroatoms. The molecule has 1 aliphatic carbocycles. The maximum atomic E-state index is 12.2. The van der Waals surface area contributed by atoms with Crippen LogP contribution in [-0.2, 0) is 14.3 Å². The molecule has 0 aromatic heterocycles. The third-order valence-corrected chi connectivity index (χ3v) is 7.34. The van der Waals surface area contributed by atoms with Gasteiger partial charge in [0.1, 0.15) is 6.61 Å². The lowest BCUT2D eigenvalue weighted by Crippen LogP contribution is -2.41. The molecular weight excluding hydrogens is 468 g/mol. The second-order valence-electron chi connectivity index (χ2n) is 11.1. The molecule has 218 valence electrons. The summed E-state index contributed by atoms with van der Waals surface area (Å²) in [5.74, 6) is 1.62. The predicted molar refractivity (Wildman–Crippen MR) is 152 cm³/mol. The van der Waals surface area contributed by atoms with E-state index in [-0.39, 0.29) is 24.5 Å². The first kappa shape index (κ1) is 33.8. The van der Waals surface area contributed by atoms with Crippen molar-refractivity contribution in [1.29, 1.82) is 0 Å². The number of amides is 2. The zero-order valence-electron chi connectivity index (χ0n) is 24.0. The van der Waals surface area contributed by atoms with E-state index in [9.17, 15) is 9.59 Å². The van der Waals surface area contributed by atoms with Gasteiger partial charge in [-0.25, -0.2) is 0 Å². The van der Waals surface area contributed by atoms with Crippen molar-refractivity contribution in [2.45, 2.75) is 97.1 Å².